The van der Waals surface area contributed by atoms with Gasteiger partial charge in [-0.15, -0.1) is 0 Å². The van der Waals surface area contributed by atoms with Crippen molar-refractivity contribution in [3.63, 3.8) is 0 Å². The molecule has 0 aliphatic rings. The standard InChI is InChI=1S/C24H24N6O2/c1-24(2,3)19-7-4-5-9-21(19)32-22-20(8-6-14-26-22)29-23(31)28-17-10-12-18(13-11-17)30-16-25-15-27-30/h4-16H,1-3H3,(H2,28,29,31). The van der Waals surface area contributed by atoms with Gasteiger partial charge in [0.25, 0.3) is 0 Å². The molecule has 2 N–H and O–H groups in total. The van der Waals surface area contributed by atoms with Gasteiger partial charge < -0.3 is 15.4 Å². The third kappa shape index (κ3) is 4.92. The molecule has 0 aliphatic carbocycles. The summed E-state index contributed by atoms with van der Waals surface area (Å²) in [5.41, 5.74) is 2.89. The van der Waals surface area contributed by atoms with Crippen LogP contribution in [0.1, 0.15) is 26.3 Å². The van der Waals surface area contributed by atoms with Crippen LogP contribution in [0, 0.1) is 0 Å². The summed E-state index contributed by atoms with van der Waals surface area (Å²) in [7, 11) is 0. The van der Waals surface area contributed by atoms with Crippen molar-refractivity contribution < 1.29 is 9.53 Å². The number of nitrogens with one attached hydrogen (secondary N) is 2. The van der Waals surface area contributed by atoms with E-state index in [0.29, 0.717) is 23.0 Å². The molecule has 0 aliphatic heterocycles. The van der Waals surface area contributed by atoms with Gasteiger partial charge in [-0.1, -0.05) is 39.0 Å². The molecule has 0 unspecified atom stereocenters. The van der Waals surface area contributed by atoms with E-state index in [0.717, 1.165) is 11.3 Å². The number of amides is 2. The second kappa shape index (κ2) is 8.89. The number of para-hydroxylation sites is 1. The predicted octanol–water partition coefficient (Wildman–Crippen LogP) is 5.40. The molecule has 0 saturated carbocycles. The first-order valence-electron chi connectivity index (χ1n) is 10.2. The lowest BCUT2D eigenvalue weighted by Crippen LogP contribution is -2.20. The molecule has 8 heteroatoms. The van der Waals surface area contributed by atoms with Crippen molar-refractivity contribution >= 4 is 17.4 Å². The van der Waals surface area contributed by atoms with Crippen molar-refractivity contribution in [1.82, 2.24) is 19.7 Å². The number of carbonyl (C=O) groups is 1. The van der Waals surface area contributed by atoms with Gasteiger partial charge in [0, 0.05) is 17.4 Å². The Morgan fingerprint density at radius 2 is 1.75 bits per heavy atom. The lowest BCUT2D eigenvalue weighted by molar-refractivity contribution is 0.262. The fourth-order valence-corrected chi connectivity index (χ4v) is 3.17. The van der Waals surface area contributed by atoms with E-state index in [9.17, 15) is 4.79 Å². The van der Waals surface area contributed by atoms with Gasteiger partial charge >= 0.3 is 6.03 Å². The molecule has 4 aromatic rings. The number of hydrogen-bond donors (Lipinski definition) is 2. The summed E-state index contributed by atoms with van der Waals surface area (Å²) in [5, 5.41) is 9.71. The lowest BCUT2D eigenvalue weighted by Gasteiger charge is -2.22. The zero-order valence-corrected chi connectivity index (χ0v) is 18.1. The topological polar surface area (TPSA) is 94.0 Å². The van der Waals surface area contributed by atoms with Gasteiger partial charge in [0.15, 0.2) is 0 Å². The number of nitrogens with zero attached hydrogens (tertiary/aromatic N) is 4. The van der Waals surface area contributed by atoms with Gasteiger partial charge in [-0.2, -0.15) is 5.10 Å². The van der Waals surface area contributed by atoms with Crippen molar-refractivity contribution in [2.45, 2.75) is 26.2 Å². The molecular weight excluding hydrogens is 404 g/mol. The van der Waals surface area contributed by atoms with Crippen LogP contribution in [0.25, 0.3) is 5.69 Å². The number of benzene rings is 2. The van der Waals surface area contributed by atoms with Crippen LogP contribution in [0.15, 0.2) is 79.5 Å². The van der Waals surface area contributed by atoms with E-state index in [1.54, 1.807) is 41.5 Å². The molecule has 0 atom stereocenters. The maximum absolute atomic E-state index is 12.6. The lowest BCUT2D eigenvalue weighted by atomic mass is 9.86. The van der Waals surface area contributed by atoms with Crippen LogP contribution in [0.2, 0.25) is 0 Å². The molecule has 2 aromatic heterocycles. The number of carbonyl (C=O) groups excluding carboxylic acids is 1. The Bertz CT molecular complexity index is 1200. The summed E-state index contributed by atoms with van der Waals surface area (Å²) in [4.78, 5) is 20.8. The van der Waals surface area contributed by atoms with E-state index in [2.05, 4.69) is 46.5 Å². The second-order valence-corrected chi connectivity index (χ2v) is 8.17. The molecule has 162 valence electrons. The summed E-state index contributed by atoms with van der Waals surface area (Å²) in [5.74, 6) is 1.02. The van der Waals surface area contributed by atoms with E-state index in [1.807, 2.05) is 36.4 Å². The van der Waals surface area contributed by atoms with Crippen molar-refractivity contribution in [3.05, 3.63) is 85.1 Å². The average Bonchev–Trinajstić information content (AvgIpc) is 3.30. The Hall–Kier alpha value is -4.20. The van der Waals surface area contributed by atoms with Gasteiger partial charge in [0.1, 0.15) is 24.1 Å². The summed E-state index contributed by atoms with van der Waals surface area (Å²) < 4.78 is 7.74. The number of rotatable bonds is 5. The minimum absolute atomic E-state index is 0.102. The number of hydrogen-bond acceptors (Lipinski definition) is 5. The summed E-state index contributed by atoms with van der Waals surface area (Å²) in [6.45, 7) is 6.36. The van der Waals surface area contributed by atoms with Gasteiger partial charge in [0.2, 0.25) is 5.88 Å². The molecule has 0 fully saturated rings. The highest BCUT2D eigenvalue weighted by molar-refractivity contribution is 6.00. The number of ether oxygens (including phenoxy) is 1. The van der Waals surface area contributed by atoms with E-state index in [1.165, 1.54) is 6.33 Å². The normalized spacial score (nSPS) is 11.1. The van der Waals surface area contributed by atoms with Crippen LogP contribution in [-0.2, 0) is 5.41 Å². The highest BCUT2D eigenvalue weighted by atomic mass is 16.5. The maximum atomic E-state index is 12.6. The number of urea groups is 1. The average molecular weight is 428 g/mol. The van der Waals surface area contributed by atoms with Crippen LogP contribution < -0.4 is 15.4 Å². The zero-order chi connectivity index (χ0) is 22.6. The van der Waals surface area contributed by atoms with Crippen molar-refractivity contribution in [1.29, 1.82) is 0 Å². The summed E-state index contributed by atoms with van der Waals surface area (Å²) in [6.07, 6.45) is 4.70. The van der Waals surface area contributed by atoms with Crippen molar-refractivity contribution in [2.24, 2.45) is 0 Å². The molecule has 8 nitrogen and oxygen atoms in total. The fourth-order valence-electron chi connectivity index (χ4n) is 3.17. The first-order valence-corrected chi connectivity index (χ1v) is 10.2. The molecule has 0 radical (unpaired) electrons. The minimum Gasteiger partial charge on any atom is -0.437 e. The van der Waals surface area contributed by atoms with Crippen LogP contribution in [0.5, 0.6) is 11.6 Å². The van der Waals surface area contributed by atoms with Crippen LogP contribution in [0.3, 0.4) is 0 Å². The SMILES string of the molecule is CC(C)(C)c1ccccc1Oc1ncccc1NC(=O)Nc1ccc(-n2cncn2)cc1. The molecule has 0 saturated heterocycles. The molecule has 2 aromatic carbocycles. The molecule has 32 heavy (non-hydrogen) atoms. The minimum atomic E-state index is -0.402. The number of anilines is 2. The smallest absolute Gasteiger partial charge is 0.323 e. The first kappa shape index (κ1) is 21.0. The Morgan fingerprint density at radius 1 is 0.969 bits per heavy atom. The van der Waals surface area contributed by atoms with Gasteiger partial charge in [-0.05, 0) is 47.9 Å². The second-order valence-electron chi connectivity index (χ2n) is 8.17. The molecule has 0 spiro atoms. The Morgan fingerprint density at radius 3 is 2.47 bits per heavy atom. The number of pyridine rings is 1. The highest BCUT2D eigenvalue weighted by Crippen LogP contribution is 2.35. The van der Waals surface area contributed by atoms with Crippen LogP contribution in [0.4, 0.5) is 16.2 Å². The van der Waals surface area contributed by atoms with E-state index < -0.39 is 6.03 Å². The van der Waals surface area contributed by atoms with E-state index in [-0.39, 0.29) is 5.41 Å². The largest absolute Gasteiger partial charge is 0.437 e. The van der Waals surface area contributed by atoms with Crippen molar-refractivity contribution in [3.8, 4) is 17.3 Å². The van der Waals surface area contributed by atoms with Gasteiger partial charge in [0.05, 0.1) is 5.69 Å². The predicted molar refractivity (Wildman–Crippen MR) is 123 cm³/mol. The third-order valence-electron chi connectivity index (χ3n) is 4.73. The first-order chi connectivity index (χ1) is 15.4. The molecule has 0 bridgehead atoms. The summed E-state index contributed by atoms with van der Waals surface area (Å²) in [6, 6.07) is 18.2. The molecular formula is C24H24N6O2. The van der Waals surface area contributed by atoms with E-state index in [4.69, 9.17) is 4.74 Å². The monoisotopic (exact) mass is 428 g/mol. The third-order valence-corrected chi connectivity index (χ3v) is 4.73. The van der Waals surface area contributed by atoms with Gasteiger partial charge in [-0.3, -0.25) is 0 Å². The maximum Gasteiger partial charge on any atom is 0.323 e. The molecule has 2 amide bonds. The molecule has 4 rings (SSSR count). The van der Waals surface area contributed by atoms with Crippen LogP contribution in [-0.4, -0.2) is 25.8 Å². The highest BCUT2D eigenvalue weighted by Gasteiger charge is 2.20. The quantitative estimate of drug-likeness (QED) is 0.444. The summed E-state index contributed by atoms with van der Waals surface area (Å²) >= 11 is 0. The number of aromatic nitrogens is 4. The molecule has 2 heterocycles. The Labute approximate surface area is 186 Å². The van der Waals surface area contributed by atoms with Crippen LogP contribution >= 0.6 is 0 Å². The van der Waals surface area contributed by atoms with E-state index >= 15 is 0 Å². The Balaban J connectivity index is 1.47. The van der Waals surface area contributed by atoms with Crippen molar-refractivity contribution in [2.75, 3.05) is 10.6 Å². The zero-order valence-electron chi connectivity index (χ0n) is 18.1. The Kier molecular flexibility index (Phi) is 5.85. The fraction of sp³-hybridized carbons (Fsp3) is 0.167. The van der Waals surface area contributed by atoms with Gasteiger partial charge in [-0.25, -0.2) is 19.4 Å².